The summed E-state index contributed by atoms with van der Waals surface area (Å²) >= 11 is 4.14. The molecule has 1 N–H and O–H groups in total. The van der Waals surface area contributed by atoms with Crippen molar-refractivity contribution in [2.24, 2.45) is 0 Å². The zero-order valence-corrected chi connectivity index (χ0v) is 12.9. The van der Waals surface area contributed by atoms with Crippen molar-refractivity contribution >= 4 is 51.2 Å². The van der Waals surface area contributed by atoms with Crippen molar-refractivity contribution in [3.05, 3.63) is 37.0 Å². The minimum absolute atomic E-state index is 0.0271. The zero-order valence-electron chi connectivity index (χ0n) is 8.59. The average molecular weight is 444 g/mol. The number of hydrogen-bond acceptors (Lipinski definition) is 3. The van der Waals surface area contributed by atoms with E-state index < -0.39 is 5.97 Å². The third kappa shape index (κ3) is 3.42. The van der Waals surface area contributed by atoms with Crippen molar-refractivity contribution in [1.29, 1.82) is 0 Å². The van der Waals surface area contributed by atoms with Crippen LogP contribution < -0.4 is 4.74 Å². The van der Waals surface area contributed by atoms with Gasteiger partial charge in [0.15, 0.2) is 5.75 Å². The Labute approximate surface area is 121 Å². The van der Waals surface area contributed by atoms with Gasteiger partial charge in [-0.1, -0.05) is 6.58 Å². The molecule has 1 aromatic rings. The normalized spacial score (nSPS) is 10.0. The Morgan fingerprint density at radius 3 is 2.31 bits per heavy atom. The second-order valence-electron chi connectivity index (χ2n) is 3.22. The number of halogens is 2. The second-order valence-corrected chi connectivity index (χ2v) is 5.54. The highest BCUT2D eigenvalue weighted by molar-refractivity contribution is 14.1. The maximum atomic E-state index is 11.4. The fourth-order valence-electron chi connectivity index (χ4n) is 0.981. The molecule has 0 amide bonds. The third-order valence-corrected chi connectivity index (χ3v) is 3.39. The molecule has 0 spiro atoms. The van der Waals surface area contributed by atoms with E-state index in [1.165, 1.54) is 0 Å². The molecule has 0 aliphatic rings. The van der Waals surface area contributed by atoms with Crippen LogP contribution in [0.1, 0.15) is 12.5 Å². The van der Waals surface area contributed by atoms with Gasteiger partial charge >= 0.3 is 5.97 Å². The summed E-state index contributed by atoms with van der Waals surface area (Å²) in [6.07, 6.45) is 0. The smallest absolute Gasteiger partial charge is 0.338 e. The van der Waals surface area contributed by atoms with E-state index in [1.807, 2.05) is 0 Å². The Morgan fingerprint density at radius 2 is 1.94 bits per heavy atom. The highest BCUT2D eigenvalue weighted by Gasteiger charge is 2.13. The molecule has 0 saturated heterocycles. The lowest BCUT2D eigenvalue weighted by molar-refractivity contribution is -0.130. The molecule has 0 radical (unpaired) electrons. The number of hydrogen-bond donors (Lipinski definition) is 1. The predicted molar refractivity (Wildman–Crippen MR) is 78.2 cm³/mol. The van der Waals surface area contributed by atoms with E-state index in [0.29, 0.717) is 11.3 Å². The van der Waals surface area contributed by atoms with E-state index in [9.17, 15) is 4.79 Å². The average Bonchev–Trinajstić information content (AvgIpc) is 2.22. The summed E-state index contributed by atoms with van der Waals surface area (Å²) in [5.74, 6) is 0.0824. The summed E-state index contributed by atoms with van der Waals surface area (Å²) in [4.78, 5) is 11.4. The Morgan fingerprint density at radius 1 is 1.44 bits per heavy atom. The van der Waals surface area contributed by atoms with E-state index in [2.05, 4.69) is 51.8 Å². The SMILES string of the molecule is C=C(C)C(=O)Oc1c(I)cc(CO)cc1I. The lowest BCUT2D eigenvalue weighted by Gasteiger charge is -2.09. The molecule has 1 rings (SSSR count). The summed E-state index contributed by atoms with van der Waals surface area (Å²) in [5.41, 5.74) is 1.15. The van der Waals surface area contributed by atoms with Crippen LogP contribution in [0, 0.1) is 7.14 Å². The number of carbonyl (C=O) groups is 1. The predicted octanol–water partition coefficient (Wildman–Crippen LogP) is 2.87. The largest absolute Gasteiger partial charge is 0.421 e. The number of rotatable bonds is 3. The number of ether oxygens (including phenoxy) is 1. The first-order valence-corrected chi connectivity index (χ1v) is 6.58. The fraction of sp³-hybridized carbons (Fsp3) is 0.182. The molecule has 1 aromatic carbocycles. The zero-order chi connectivity index (χ0) is 12.3. The molecule has 0 aromatic heterocycles. The number of aliphatic hydroxyl groups excluding tert-OH is 1. The molecular weight excluding hydrogens is 434 g/mol. The van der Waals surface area contributed by atoms with Crippen molar-refractivity contribution in [2.75, 3.05) is 0 Å². The standard InChI is InChI=1S/C11H10I2O3/c1-6(2)11(15)16-10-8(12)3-7(5-14)4-9(10)13/h3-4,14H,1,5H2,2H3. The molecule has 0 unspecified atom stereocenters. The Hall–Kier alpha value is -0.150. The van der Waals surface area contributed by atoms with Crippen LogP contribution in [0.2, 0.25) is 0 Å². The Bertz CT molecular complexity index is 418. The number of esters is 1. The maximum absolute atomic E-state index is 11.4. The van der Waals surface area contributed by atoms with Crippen molar-refractivity contribution in [3.8, 4) is 5.75 Å². The third-order valence-electron chi connectivity index (χ3n) is 1.78. The van der Waals surface area contributed by atoms with Crippen LogP contribution in [0.25, 0.3) is 0 Å². The molecule has 16 heavy (non-hydrogen) atoms. The minimum Gasteiger partial charge on any atom is -0.421 e. The van der Waals surface area contributed by atoms with Gasteiger partial charge in [0.2, 0.25) is 0 Å². The van der Waals surface area contributed by atoms with Gasteiger partial charge in [-0.25, -0.2) is 4.79 Å². The summed E-state index contributed by atoms with van der Waals surface area (Å²) < 4.78 is 6.79. The second kappa shape index (κ2) is 5.97. The van der Waals surface area contributed by atoms with Crippen LogP contribution in [0.5, 0.6) is 5.75 Å². The van der Waals surface area contributed by atoms with E-state index in [0.717, 1.165) is 12.7 Å². The van der Waals surface area contributed by atoms with Gasteiger partial charge in [-0.3, -0.25) is 0 Å². The van der Waals surface area contributed by atoms with Gasteiger partial charge in [-0.15, -0.1) is 0 Å². The molecule has 0 fully saturated rings. The minimum atomic E-state index is -0.437. The molecule has 0 heterocycles. The van der Waals surface area contributed by atoms with Gasteiger partial charge in [0.05, 0.1) is 13.7 Å². The molecule has 0 aliphatic heterocycles. The van der Waals surface area contributed by atoms with E-state index in [4.69, 9.17) is 9.84 Å². The number of aliphatic hydroxyl groups is 1. The van der Waals surface area contributed by atoms with Crippen molar-refractivity contribution < 1.29 is 14.6 Å². The van der Waals surface area contributed by atoms with Gasteiger partial charge in [0, 0.05) is 5.57 Å². The van der Waals surface area contributed by atoms with Gasteiger partial charge in [0.1, 0.15) is 0 Å². The van der Waals surface area contributed by atoms with Gasteiger partial charge in [-0.2, -0.15) is 0 Å². The Kier molecular flexibility index (Phi) is 5.19. The van der Waals surface area contributed by atoms with E-state index in [-0.39, 0.29) is 6.61 Å². The summed E-state index contributed by atoms with van der Waals surface area (Å²) in [6.45, 7) is 5.10. The molecule has 5 heteroatoms. The molecule has 0 aliphatic carbocycles. The van der Waals surface area contributed by atoms with Crippen molar-refractivity contribution in [2.45, 2.75) is 13.5 Å². The first-order chi connectivity index (χ1) is 7.45. The first kappa shape index (κ1) is 13.9. The first-order valence-electron chi connectivity index (χ1n) is 4.42. The molecule has 86 valence electrons. The van der Waals surface area contributed by atoms with Crippen molar-refractivity contribution in [1.82, 2.24) is 0 Å². The number of carbonyl (C=O) groups excluding carboxylic acids is 1. The summed E-state index contributed by atoms with van der Waals surface area (Å²) in [6, 6.07) is 3.56. The van der Waals surface area contributed by atoms with Gasteiger partial charge in [0.25, 0.3) is 0 Å². The maximum Gasteiger partial charge on any atom is 0.338 e. The lowest BCUT2D eigenvalue weighted by Crippen LogP contribution is -2.10. The fourth-order valence-corrected chi connectivity index (χ4v) is 3.10. The quantitative estimate of drug-likeness (QED) is 0.338. The van der Waals surface area contributed by atoms with Gasteiger partial charge in [-0.05, 0) is 69.8 Å². The van der Waals surface area contributed by atoms with Crippen LogP contribution in [0.4, 0.5) is 0 Å². The molecule has 0 atom stereocenters. The molecule has 3 nitrogen and oxygen atoms in total. The van der Waals surface area contributed by atoms with Crippen molar-refractivity contribution in [3.63, 3.8) is 0 Å². The molecule has 0 saturated carbocycles. The molecule has 0 bridgehead atoms. The van der Waals surface area contributed by atoms with E-state index in [1.54, 1.807) is 19.1 Å². The van der Waals surface area contributed by atoms with Crippen LogP contribution in [-0.2, 0) is 11.4 Å². The Balaban J connectivity index is 3.06. The number of benzene rings is 1. The van der Waals surface area contributed by atoms with E-state index >= 15 is 0 Å². The lowest BCUT2D eigenvalue weighted by atomic mass is 10.2. The van der Waals surface area contributed by atoms with Crippen LogP contribution >= 0.6 is 45.2 Å². The molecular formula is C11H10I2O3. The highest BCUT2D eigenvalue weighted by atomic mass is 127. The topological polar surface area (TPSA) is 46.5 Å². The monoisotopic (exact) mass is 444 g/mol. The highest BCUT2D eigenvalue weighted by Crippen LogP contribution is 2.29. The van der Waals surface area contributed by atoms with Crippen LogP contribution in [0.15, 0.2) is 24.3 Å². The summed E-state index contributed by atoms with van der Waals surface area (Å²) in [5, 5.41) is 9.02. The van der Waals surface area contributed by atoms with Crippen LogP contribution in [0.3, 0.4) is 0 Å². The van der Waals surface area contributed by atoms with Gasteiger partial charge < -0.3 is 9.84 Å². The van der Waals surface area contributed by atoms with Crippen LogP contribution in [-0.4, -0.2) is 11.1 Å². The summed E-state index contributed by atoms with van der Waals surface area (Å²) in [7, 11) is 0.